The molecule has 3 aromatic rings. The molecule has 2 N–H and O–H groups in total. The number of hydrogen-bond donors (Lipinski definition) is 2. The Morgan fingerprint density at radius 1 is 1.00 bits per heavy atom. The number of aromatic hydroxyl groups is 1. The number of hydrogen-bond acceptors (Lipinski definition) is 8. The zero-order valence-electron chi connectivity index (χ0n) is 28.7. The molecule has 10 nitrogen and oxygen atoms in total. The van der Waals surface area contributed by atoms with Crippen LogP contribution in [0.2, 0.25) is 0 Å². The van der Waals surface area contributed by atoms with Gasteiger partial charge in [0.2, 0.25) is 5.91 Å². The van der Waals surface area contributed by atoms with E-state index in [4.69, 9.17) is 9.84 Å². The number of carbonyl (C=O) groups is 3. The highest BCUT2D eigenvalue weighted by atomic mass is 32.1. The number of amides is 3. The van der Waals surface area contributed by atoms with Gasteiger partial charge in [-0.3, -0.25) is 19.4 Å². The maximum absolute atomic E-state index is 13.8. The lowest BCUT2D eigenvalue weighted by atomic mass is 9.84. The first-order valence-corrected chi connectivity index (χ1v) is 17.6. The summed E-state index contributed by atoms with van der Waals surface area (Å²) in [4.78, 5) is 48.4. The number of anilines is 1. The summed E-state index contributed by atoms with van der Waals surface area (Å²) in [5.74, 6) is -1.86. The van der Waals surface area contributed by atoms with Crippen molar-refractivity contribution < 1.29 is 50.6 Å². The number of piperidine rings is 1. The summed E-state index contributed by atoms with van der Waals surface area (Å²) in [5, 5.41) is 12.4. The number of piperazine rings is 1. The highest BCUT2D eigenvalue weighted by molar-refractivity contribution is 7.10. The molecule has 0 saturated carbocycles. The maximum atomic E-state index is 13.8. The third kappa shape index (κ3) is 10.1. The number of nitrogens with zero attached hydrogens (tertiary/aromatic N) is 4. The molecule has 3 amide bonds. The zero-order valence-corrected chi connectivity index (χ0v) is 29.5. The SMILES string of the molecule is CCCC1C(C(=O)N2CCN(c3ccccc3C(=O)NCCOC)CC2)CCCN1C(=O)c1cnccc1C(F)(F)F.Oc1csc(C(F)(F)F)c1. The van der Waals surface area contributed by atoms with Crippen LogP contribution in [-0.2, 0) is 21.9 Å². The summed E-state index contributed by atoms with van der Waals surface area (Å²) in [6, 6.07) is 8.35. The van der Waals surface area contributed by atoms with Gasteiger partial charge in [-0.05, 0) is 37.5 Å². The van der Waals surface area contributed by atoms with Crippen LogP contribution < -0.4 is 10.2 Å². The van der Waals surface area contributed by atoms with E-state index >= 15 is 0 Å². The van der Waals surface area contributed by atoms with E-state index in [1.807, 2.05) is 25.1 Å². The molecule has 0 bridgehead atoms. The smallest absolute Gasteiger partial charge is 0.425 e. The molecule has 4 heterocycles. The minimum Gasteiger partial charge on any atom is -0.507 e. The summed E-state index contributed by atoms with van der Waals surface area (Å²) in [6.45, 7) is 4.93. The molecule has 2 aliphatic rings. The van der Waals surface area contributed by atoms with Gasteiger partial charge < -0.3 is 29.9 Å². The lowest BCUT2D eigenvalue weighted by Gasteiger charge is -2.44. The first-order chi connectivity index (χ1) is 24.7. The molecule has 2 fully saturated rings. The Balaban J connectivity index is 0.000000521. The molecular weight excluding hydrogens is 716 g/mol. The van der Waals surface area contributed by atoms with Gasteiger partial charge in [0.15, 0.2) is 0 Å². The van der Waals surface area contributed by atoms with Crippen molar-refractivity contribution in [3.05, 3.63) is 75.7 Å². The Bertz CT molecular complexity index is 1660. The largest absolute Gasteiger partial charge is 0.507 e. The first-order valence-electron chi connectivity index (χ1n) is 16.7. The molecule has 0 radical (unpaired) electrons. The number of likely N-dealkylation sites (tertiary alicyclic amines) is 1. The van der Waals surface area contributed by atoms with Crippen LogP contribution in [0.5, 0.6) is 5.75 Å². The predicted molar refractivity (Wildman–Crippen MR) is 182 cm³/mol. The average molecular weight is 758 g/mol. The number of ether oxygens (including phenoxy) is 1. The topological polar surface area (TPSA) is 115 Å². The summed E-state index contributed by atoms with van der Waals surface area (Å²) >= 11 is 0.481. The molecular formula is C35H41F6N5O5S. The number of aromatic nitrogens is 1. The fraction of sp³-hybridized carbons (Fsp3) is 0.486. The molecule has 17 heteroatoms. The van der Waals surface area contributed by atoms with Crippen molar-refractivity contribution in [1.29, 1.82) is 0 Å². The van der Waals surface area contributed by atoms with Crippen LogP contribution in [0.1, 0.15) is 63.8 Å². The monoisotopic (exact) mass is 757 g/mol. The predicted octanol–water partition coefficient (Wildman–Crippen LogP) is 6.32. The van der Waals surface area contributed by atoms with Crippen molar-refractivity contribution in [3.8, 4) is 5.75 Å². The summed E-state index contributed by atoms with van der Waals surface area (Å²) in [7, 11) is 1.57. The Kier molecular flexibility index (Phi) is 13.9. The number of benzene rings is 1. The van der Waals surface area contributed by atoms with Crippen LogP contribution in [-0.4, -0.2) is 96.6 Å². The van der Waals surface area contributed by atoms with Crippen molar-refractivity contribution in [3.63, 3.8) is 0 Å². The van der Waals surface area contributed by atoms with E-state index in [1.54, 1.807) is 18.1 Å². The van der Waals surface area contributed by atoms with Gasteiger partial charge in [-0.2, -0.15) is 26.3 Å². The van der Waals surface area contributed by atoms with Crippen LogP contribution in [0.4, 0.5) is 32.0 Å². The van der Waals surface area contributed by atoms with E-state index in [0.717, 1.165) is 29.5 Å². The second-order valence-corrected chi connectivity index (χ2v) is 13.2. The Morgan fingerprint density at radius 2 is 1.71 bits per heavy atom. The van der Waals surface area contributed by atoms with Crippen LogP contribution in [0.3, 0.4) is 0 Å². The number of thiophene rings is 1. The molecule has 2 aliphatic heterocycles. The Hall–Kier alpha value is -4.38. The lowest BCUT2D eigenvalue weighted by molar-refractivity contribution is -0.140. The molecule has 5 rings (SSSR count). The number of rotatable bonds is 9. The standard InChI is InChI=1S/C30H38F3N5O4.C5H3F3OS/c1-3-7-26-22(9-6-14-38(26)29(41)23-20-34-12-11-24(23)30(31,32)33)28(40)37-17-15-36(16-18-37)25-10-5-4-8-21(25)27(39)35-13-19-42-2;6-5(7,8)4-1-3(9)2-10-4/h4-5,8,10-12,20,22,26H,3,6-7,9,13-19H2,1-2H3,(H,35,39);1-2,9H. The van der Waals surface area contributed by atoms with Crippen molar-refractivity contribution in [1.82, 2.24) is 20.1 Å². The van der Waals surface area contributed by atoms with E-state index in [9.17, 15) is 40.7 Å². The number of halogens is 6. The van der Waals surface area contributed by atoms with Crippen LogP contribution in [0.25, 0.3) is 0 Å². The third-order valence-corrected chi connectivity index (χ3v) is 9.80. The first kappa shape index (κ1) is 40.4. The molecule has 0 spiro atoms. The van der Waals surface area contributed by atoms with Crippen LogP contribution in [0.15, 0.2) is 54.2 Å². The van der Waals surface area contributed by atoms with E-state index in [-0.39, 0.29) is 24.1 Å². The number of nitrogens with one attached hydrogen (secondary N) is 1. The van der Waals surface area contributed by atoms with Gasteiger partial charge in [0.1, 0.15) is 10.6 Å². The summed E-state index contributed by atoms with van der Waals surface area (Å²) < 4.78 is 81.1. The number of para-hydroxylation sites is 1. The number of carbonyl (C=O) groups excluding carboxylic acids is 3. The molecule has 284 valence electrons. The van der Waals surface area contributed by atoms with Gasteiger partial charge in [0.05, 0.1) is 29.2 Å². The highest BCUT2D eigenvalue weighted by Crippen LogP contribution is 2.37. The van der Waals surface area contributed by atoms with Gasteiger partial charge in [-0.15, -0.1) is 11.3 Å². The lowest BCUT2D eigenvalue weighted by Crippen LogP contribution is -2.57. The van der Waals surface area contributed by atoms with Gasteiger partial charge in [-0.1, -0.05) is 25.5 Å². The van der Waals surface area contributed by atoms with Crippen LogP contribution >= 0.6 is 11.3 Å². The molecule has 2 aromatic heterocycles. The van der Waals surface area contributed by atoms with Crippen molar-refractivity contribution in [2.45, 2.75) is 51.0 Å². The second kappa shape index (κ2) is 17.9. The summed E-state index contributed by atoms with van der Waals surface area (Å²) in [5.41, 5.74) is -0.172. The van der Waals surface area contributed by atoms with Gasteiger partial charge in [0.25, 0.3) is 11.8 Å². The van der Waals surface area contributed by atoms with E-state index in [2.05, 4.69) is 15.2 Å². The molecule has 2 unspecified atom stereocenters. The number of methoxy groups -OCH3 is 1. The zero-order chi connectivity index (χ0) is 38.1. The minimum absolute atomic E-state index is 0.0848. The molecule has 2 saturated heterocycles. The van der Waals surface area contributed by atoms with Gasteiger partial charge >= 0.3 is 12.4 Å². The number of pyridine rings is 1. The van der Waals surface area contributed by atoms with E-state index in [0.29, 0.717) is 88.0 Å². The minimum atomic E-state index is -4.69. The molecule has 0 aliphatic carbocycles. The van der Waals surface area contributed by atoms with Crippen molar-refractivity contribution >= 4 is 34.7 Å². The third-order valence-electron chi connectivity index (χ3n) is 8.84. The maximum Gasteiger partial charge on any atom is 0.425 e. The fourth-order valence-corrected chi connectivity index (χ4v) is 7.04. The van der Waals surface area contributed by atoms with Gasteiger partial charge in [-0.25, -0.2) is 0 Å². The Morgan fingerprint density at radius 3 is 2.31 bits per heavy atom. The second-order valence-electron chi connectivity index (χ2n) is 12.3. The van der Waals surface area contributed by atoms with Gasteiger partial charge in [0, 0.05) is 81.9 Å². The fourth-order valence-electron chi connectivity index (χ4n) is 6.40. The van der Waals surface area contributed by atoms with Crippen LogP contribution in [0, 0.1) is 5.92 Å². The molecule has 52 heavy (non-hydrogen) atoms. The van der Waals surface area contributed by atoms with E-state index in [1.165, 1.54) is 4.90 Å². The quantitative estimate of drug-likeness (QED) is 0.194. The summed E-state index contributed by atoms with van der Waals surface area (Å²) in [6.07, 6.45) is -4.75. The average Bonchev–Trinajstić information content (AvgIpc) is 3.58. The Labute approximate surface area is 301 Å². The van der Waals surface area contributed by atoms with Crippen molar-refractivity contribution in [2.24, 2.45) is 5.92 Å². The normalized spacial score (nSPS) is 18.0. The molecule has 1 aromatic carbocycles. The number of alkyl halides is 6. The highest BCUT2D eigenvalue weighted by Gasteiger charge is 2.43. The van der Waals surface area contributed by atoms with E-state index < -0.39 is 46.2 Å². The molecule has 2 atom stereocenters. The van der Waals surface area contributed by atoms with Crippen molar-refractivity contribution in [2.75, 3.05) is 57.9 Å².